The first-order valence-corrected chi connectivity index (χ1v) is 8.35. The number of nitrogens with zero attached hydrogens (tertiary/aromatic N) is 1. The zero-order valence-electron chi connectivity index (χ0n) is 13.7. The molecule has 0 aliphatic rings. The number of carbonyl (C=O) groups is 1. The lowest BCUT2D eigenvalue weighted by molar-refractivity contribution is -0.117. The fourth-order valence-electron chi connectivity index (χ4n) is 2.13. The Labute approximate surface area is 147 Å². The highest BCUT2D eigenvalue weighted by molar-refractivity contribution is 6.32. The van der Waals surface area contributed by atoms with E-state index in [2.05, 4.69) is 17.2 Å². The molecule has 0 spiro atoms. The molecule has 0 bridgehead atoms. The first kappa shape index (κ1) is 18.2. The van der Waals surface area contributed by atoms with Crippen LogP contribution in [0.2, 0.25) is 5.02 Å². The summed E-state index contributed by atoms with van der Waals surface area (Å²) in [6.45, 7) is 2.44. The van der Waals surface area contributed by atoms with Crippen molar-refractivity contribution in [2.24, 2.45) is 5.73 Å². The number of anilines is 1. The van der Waals surface area contributed by atoms with Crippen molar-refractivity contribution in [1.82, 2.24) is 4.98 Å². The molecule has 2 aromatic rings. The van der Waals surface area contributed by atoms with E-state index in [0.29, 0.717) is 29.5 Å². The first-order valence-electron chi connectivity index (χ1n) is 7.98. The predicted octanol–water partition coefficient (Wildman–Crippen LogP) is 3.77. The number of ether oxygens (including phenoxy) is 1. The molecule has 0 aliphatic heterocycles. The van der Waals surface area contributed by atoms with Gasteiger partial charge in [-0.15, -0.1) is 0 Å². The maximum atomic E-state index is 12.0. The molecule has 6 heteroatoms. The van der Waals surface area contributed by atoms with Gasteiger partial charge in [-0.2, -0.15) is 0 Å². The van der Waals surface area contributed by atoms with E-state index in [4.69, 9.17) is 22.1 Å². The van der Waals surface area contributed by atoms with Gasteiger partial charge in [0.05, 0.1) is 11.1 Å². The van der Waals surface area contributed by atoms with E-state index in [1.165, 1.54) is 0 Å². The Morgan fingerprint density at radius 2 is 2.25 bits per heavy atom. The highest BCUT2D eigenvalue weighted by Crippen LogP contribution is 2.28. The van der Waals surface area contributed by atoms with Crippen LogP contribution in [0, 0.1) is 0 Å². The van der Waals surface area contributed by atoms with Gasteiger partial charge < -0.3 is 15.8 Å². The van der Waals surface area contributed by atoms with Gasteiger partial charge in [0.1, 0.15) is 12.4 Å². The van der Waals surface area contributed by atoms with Crippen molar-refractivity contribution in [2.45, 2.75) is 38.8 Å². The average Bonchev–Trinajstić information content (AvgIpc) is 2.59. The van der Waals surface area contributed by atoms with Gasteiger partial charge in [-0.1, -0.05) is 37.4 Å². The number of benzene rings is 1. The van der Waals surface area contributed by atoms with Gasteiger partial charge >= 0.3 is 0 Å². The molecule has 1 aromatic carbocycles. The minimum atomic E-state index is -0.509. The molecule has 128 valence electrons. The van der Waals surface area contributed by atoms with E-state index >= 15 is 0 Å². The van der Waals surface area contributed by atoms with Crippen LogP contribution >= 0.6 is 11.6 Å². The fourth-order valence-corrected chi connectivity index (χ4v) is 2.37. The summed E-state index contributed by atoms with van der Waals surface area (Å²) < 4.78 is 5.67. The Morgan fingerprint density at radius 1 is 1.42 bits per heavy atom. The minimum absolute atomic E-state index is 0.205. The summed E-state index contributed by atoms with van der Waals surface area (Å²) in [6, 6.07) is 8.39. The number of halogens is 1. The monoisotopic (exact) mass is 347 g/mol. The summed E-state index contributed by atoms with van der Waals surface area (Å²) in [7, 11) is 0. The topological polar surface area (TPSA) is 77.2 Å². The number of nitrogens with two attached hydrogens (primary N) is 1. The molecule has 5 nitrogen and oxygen atoms in total. The second-order valence-electron chi connectivity index (χ2n) is 5.53. The third-order valence-electron chi connectivity index (χ3n) is 3.52. The number of rotatable bonds is 8. The number of amides is 1. The number of hydrogen-bond acceptors (Lipinski definition) is 4. The van der Waals surface area contributed by atoms with E-state index in [-0.39, 0.29) is 5.91 Å². The van der Waals surface area contributed by atoms with Crippen molar-refractivity contribution >= 4 is 23.2 Å². The van der Waals surface area contributed by atoms with Gasteiger partial charge in [0.2, 0.25) is 5.91 Å². The normalized spacial score (nSPS) is 11.8. The summed E-state index contributed by atoms with van der Waals surface area (Å²) >= 11 is 6.22. The molecule has 1 amide bonds. The third kappa shape index (κ3) is 5.51. The van der Waals surface area contributed by atoms with E-state index < -0.39 is 6.04 Å². The predicted molar refractivity (Wildman–Crippen MR) is 96.2 cm³/mol. The van der Waals surface area contributed by atoms with E-state index in [9.17, 15) is 4.79 Å². The molecule has 0 saturated heterocycles. The number of unbranched alkanes of at least 4 members (excludes halogenated alkanes) is 1. The van der Waals surface area contributed by atoms with Crippen LogP contribution in [0.3, 0.4) is 0 Å². The lowest BCUT2D eigenvalue weighted by Crippen LogP contribution is -2.35. The number of carbonyl (C=O) groups excluding carboxylic acids is 1. The molecule has 2 rings (SSSR count). The van der Waals surface area contributed by atoms with Crippen LogP contribution in [0.1, 0.15) is 31.7 Å². The Morgan fingerprint density at radius 3 is 2.92 bits per heavy atom. The van der Waals surface area contributed by atoms with E-state index in [1.807, 2.05) is 12.1 Å². The van der Waals surface area contributed by atoms with E-state index in [1.54, 1.807) is 30.6 Å². The van der Waals surface area contributed by atoms with Crippen LogP contribution in [-0.2, 0) is 11.4 Å². The van der Waals surface area contributed by atoms with Crippen molar-refractivity contribution in [1.29, 1.82) is 0 Å². The Hall–Kier alpha value is -2.11. The molecule has 24 heavy (non-hydrogen) atoms. The highest BCUT2D eigenvalue weighted by Gasteiger charge is 2.13. The molecule has 1 unspecified atom stereocenters. The minimum Gasteiger partial charge on any atom is -0.487 e. The summed E-state index contributed by atoms with van der Waals surface area (Å²) in [5, 5.41) is 3.21. The molecule has 0 aliphatic carbocycles. The van der Waals surface area contributed by atoms with Gasteiger partial charge in [0.15, 0.2) is 0 Å². The fraction of sp³-hybridized carbons (Fsp3) is 0.333. The SMILES string of the molecule is CCCCC(N)C(=O)Nc1ccc(OCc2cccnc2)c(Cl)c1. The number of hydrogen-bond donors (Lipinski definition) is 2. The maximum absolute atomic E-state index is 12.0. The first-order chi connectivity index (χ1) is 11.6. The largest absolute Gasteiger partial charge is 0.487 e. The summed E-state index contributed by atoms with van der Waals surface area (Å²) in [6.07, 6.45) is 6.05. The van der Waals surface area contributed by atoms with Crippen LogP contribution in [0.25, 0.3) is 0 Å². The van der Waals surface area contributed by atoms with E-state index in [0.717, 1.165) is 18.4 Å². The Bertz CT molecular complexity index is 665. The number of pyridine rings is 1. The molecular weight excluding hydrogens is 326 g/mol. The molecule has 1 heterocycles. The summed E-state index contributed by atoms with van der Waals surface area (Å²) in [5.74, 6) is 0.345. The van der Waals surface area contributed by atoms with Crippen molar-refractivity contribution in [2.75, 3.05) is 5.32 Å². The Kier molecular flexibility index (Phi) is 7.03. The van der Waals surface area contributed by atoms with Crippen molar-refractivity contribution in [3.05, 3.63) is 53.3 Å². The van der Waals surface area contributed by atoms with Crippen LogP contribution in [-0.4, -0.2) is 16.9 Å². The van der Waals surface area contributed by atoms with Gasteiger partial charge in [-0.3, -0.25) is 9.78 Å². The van der Waals surface area contributed by atoms with Gasteiger partial charge in [-0.25, -0.2) is 0 Å². The quantitative estimate of drug-likeness (QED) is 0.762. The summed E-state index contributed by atoms with van der Waals surface area (Å²) in [5.41, 5.74) is 7.41. The van der Waals surface area contributed by atoms with Crippen molar-refractivity contribution < 1.29 is 9.53 Å². The summed E-state index contributed by atoms with van der Waals surface area (Å²) in [4.78, 5) is 16.0. The molecule has 0 fully saturated rings. The van der Waals surface area contributed by atoms with Crippen LogP contribution < -0.4 is 15.8 Å². The van der Waals surface area contributed by atoms with Crippen LogP contribution in [0.15, 0.2) is 42.7 Å². The average molecular weight is 348 g/mol. The highest BCUT2D eigenvalue weighted by atomic mass is 35.5. The smallest absolute Gasteiger partial charge is 0.241 e. The second-order valence-corrected chi connectivity index (χ2v) is 5.94. The second kappa shape index (κ2) is 9.25. The van der Waals surface area contributed by atoms with Crippen LogP contribution in [0.4, 0.5) is 5.69 Å². The molecule has 0 radical (unpaired) electrons. The number of nitrogens with one attached hydrogen (secondary N) is 1. The molecule has 0 saturated carbocycles. The third-order valence-corrected chi connectivity index (χ3v) is 3.82. The lowest BCUT2D eigenvalue weighted by Gasteiger charge is -2.13. The van der Waals surface area contributed by atoms with Crippen molar-refractivity contribution in [3.8, 4) is 5.75 Å². The number of aromatic nitrogens is 1. The van der Waals surface area contributed by atoms with Crippen molar-refractivity contribution in [3.63, 3.8) is 0 Å². The van der Waals surface area contributed by atoms with Gasteiger partial charge in [0.25, 0.3) is 0 Å². The Balaban J connectivity index is 1.93. The van der Waals surface area contributed by atoms with Gasteiger partial charge in [0, 0.05) is 23.6 Å². The maximum Gasteiger partial charge on any atom is 0.241 e. The molecular formula is C18H22ClN3O2. The van der Waals surface area contributed by atoms with Gasteiger partial charge in [-0.05, 0) is 30.7 Å². The molecule has 1 atom stereocenters. The van der Waals surface area contributed by atoms with Crippen LogP contribution in [0.5, 0.6) is 5.75 Å². The zero-order valence-corrected chi connectivity index (χ0v) is 14.4. The molecule has 1 aromatic heterocycles. The molecule has 3 N–H and O–H groups in total. The standard InChI is InChI=1S/C18H22ClN3O2/c1-2-3-6-16(20)18(23)22-14-7-8-17(15(19)10-14)24-12-13-5-4-9-21-11-13/h4-5,7-11,16H,2-3,6,12,20H2,1H3,(H,22,23). The lowest BCUT2D eigenvalue weighted by atomic mass is 10.1. The zero-order chi connectivity index (χ0) is 17.4.